The summed E-state index contributed by atoms with van der Waals surface area (Å²) in [6, 6.07) is 0.556. The second-order valence-corrected chi connectivity index (χ2v) is 7.39. The fourth-order valence-corrected chi connectivity index (χ4v) is 3.41. The van der Waals surface area contributed by atoms with Gasteiger partial charge in [0.15, 0.2) is 5.17 Å². The summed E-state index contributed by atoms with van der Waals surface area (Å²) in [5, 5.41) is 4.73. The van der Waals surface area contributed by atoms with Crippen molar-refractivity contribution in [2.24, 2.45) is 10.4 Å². The molecular formula is C14H26N2OS. The van der Waals surface area contributed by atoms with Gasteiger partial charge in [0, 0.05) is 24.9 Å². The Morgan fingerprint density at radius 2 is 2.22 bits per heavy atom. The minimum absolute atomic E-state index is 0.316. The zero-order valence-corrected chi connectivity index (χ0v) is 12.7. The third kappa shape index (κ3) is 4.16. The quantitative estimate of drug-likeness (QED) is 0.856. The first-order valence-corrected chi connectivity index (χ1v) is 8.09. The zero-order valence-electron chi connectivity index (χ0n) is 11.9. The number of nitrogens with one attached hydrogen (secondary N) is 1. The zero-order chi connectivity index (χ0) is 13.0. The molecule has 2 rings (SSSR count). The van der Waals surface area contributed by atoms with Gasteiger partial charge in [0.1, 0.15) is 0 Å². The van der Waals surface area contributed by atoms with Gasteiger partial charge in [0.05, 0.1) is 6.10 Å². The molecule has 0 bridgehead atoms. The van der Waals surface area contributed by atoms with Crippen LogP contribution in [0.2, 0.25) is 0 Å². The van der Waals surface area contributed by atoms with E-state index in [0.29, 0.717) is 17.6 Å². The van der Waals surface area contributed by atoms with E-state index in [1.165, 1.54) is 25.0 Å². The Balaban J connectivity index is 1.77. The number of rotatable bonds is 3. The molecular weight excluding hydrogens is 244 g/mol. The van der Waals surface area contributed by atoms with Crippen LogP contribution in [0.25, 0.3) is 0 Å². The Morgan fingerprint density at radius 1 is 1.39 bits per heavy atom. The van der Waals surface area contributed by atoms with Gasteiger partial charge in [-0.3, -0.25) is 4.99 Å². The maximum absolute atomic E-state index is 5.62. The summed E-state index contributed by atoms with van der Waals surface area (Å²) in [6.07, 6.45) is 5.21. The number of nitrogens with zero attached hydrogens (tertiary/aromatic N) is 1. The van der Waals surface area contributed by atoms with Gasteiger partial charge in [-0.15, -0.1) is 0 Å². The van der Waals surface area contributed by atoms with Gasteiger partial charge < -0.3 is 10.1 Å². The van der Waals surface area contributed by atoms with E-state index in [0.717, 1.165) is 24.7 Å². The van der Waals surface area contributed by atoms with Crippen molar-refractivity contribution >= 4 is 16.9 Å². The molecule has 2 unspecified atom stereocenters. The minimum atomic E-state index is 0.316. The monoisotopic (exact) mass is 270 g/mol. The molecule has 0 saturated carbocycles. The molecule has 0 aromatic carbocycles. The lowest BCUT2D eigenvalue weighted by molar-refractivity contribution is 0.106. The number of aliphatic imine (C=N–C) groups is 1. The normalized spacial score (nSPS) is 31.6. The summed E-state index contributed by atoms with van der Waals surface area (Å²) in [5.74, 6) is 1.19. The number of amidine groups is 1. The fourth-order valence-electron chi connectivity index (χ4n) is 2.46. The molecule has 0 spiro atoms. The molecule has 2 aliphatic rings. The van der Waals surface area contributed by atoms with E-state index in [1.54, 1.807) is 0 Å². The molecule has 0 aromatic rings. The van der Waals surface area contributed by atoms with Crippen LogP contribution in [0.15, 0.2) is 4.99 Å². The second kappa shape index (κ2) is 6.29. The van der Waals surface area contributed by atoms with Crippen LogP contribution in [0.1, 0.15) is 46.5 Å². The summed E-state index contributed by atoms with van der Waals surface area (Å²) >= 11 is 1.86. The predicted octanol–water partition coefficient (Wildman–Crippen LogP) is 3.05. The van der Waals surface area contributed by atoms with Crippen LogP contribution >= 0.6 is 11.8 Å². The van der Waals surface area contributed by atoms with Crippen LogP contribution in [-0.4, -0.2) is 36.2 Å². The van der Waals surface area contributed by atoms with E-state index >= 15 is 0 Å². The van der Waals surface area contributed by atoms with Crippen LogP contribution < -0.4 is 5.32 Å². The van der Waals surface area contributed by atoms with E-state index < -0.39 is 0 Å². The largest absolute Gasteiger partial charge is 0.378 e. The Bertz CT molecular complexity index is 293. The van der Waals surface area contributed by atoms with Crippen molar-refractivity contribution in [3.8, 4) is 0 Å². The van der Waals surface area contributed by atoms with Gasteiger partial charge in [-0.25, -0.2) is 0 Å². The Labute approximate surface area is 115 Å². The van der Waals surface area contributed by atoms with Crippen LogP contribution in [0.3, 0.4) is 0 Å². The summed E-state index contributed by atoms with van der Waals surface area (Å²) in [7, 11) is 0. The smallest absolute Gasteiger partial charge is 0.156 e. The number of thioether (sulfide) groups is 1. The summed E-state index contributed by atoms with van der Waals surface area (Å²) in [6.45, 7) is 8.73. The van der Waals surface area contributed by atoms with Crippen molar-refractivity contribution < 1.29 is 4.74 Å². The third-order valence-electron chi connectivity index (χ3n) is 3.72. The predicted molar refractivity (Wildman–Crippen MR) is 79.3 cm³/mol. The molecule has 2 fully saturated rings. The molecule has 2 atom stereocenters. The number of ether oxygens (including phenoxy) is 1. The lowest BCUT2D eigenvalue weighted by Crippen LogP contribution is -2.46. The highest BCUT2D eigenvalue weighted by Gasteiger charge is 2.28. The van der Waals surface area contributed by atoms with Gasteiger partial charge in [-0.2, -0.15) is 0 Å². The maximum atomic E-state index is 5.62. The maximum Gasteiger partial charge on any atom is 0.156 e. The minimum Gasteiger partial charge on any atom is -0.378 e. The first-order chi connectivity index (χ1) is 8.55. The summed E-state index contributed by atoms with van der Waals surface area (Å²) < 4.78 is 5.62. The van der Waals surface area contributed by atoms with Gasteiger partial charge in [-0.1, -0.05) is 32.5 Å². The molecule has 2 saturated heterocycles. The van der Waals surface area contributed by atoms with Crippen molar-refractivity contribution in [1.82, 2.24) is 5.32 Å². The Morgan fingerprint density at radius 3 is 2.89 bits per heavy atom. The molecule has 2 heterocycles. The molecule has 18 heavy (non-hydrogen) atoms. The van der Waals surface area contributed by atoms with Crippen LogP contribution in [0.4, 0.5) is 0 Å². The highest BCUT2D eigenvalue weighted by atomic mass is 32.2. The number of hydrogen-bond acceptors (Lipinski definition) is 3. The van der Waals surface area contributed by atoms with Gasteiger partial charge >= 0.3 is 0 Å². The van der Waals surface area contributed by atoms with E-state index in [4.69, 9.17) is 9.73 Å². The standard InChI is InChI=1S/C14H26N2OS/c1-14(2,3)12-7-10-18-13(16-12)15-8-6-11-5-4-9-17-11/h11-12H,4-10H2,1-3H3,(H,15,16). The molecule has 0 aromatic heterocycles. The van der Waals surface area contributed by atoms with Gasteiger partial charge in [0.25, 0.3) is 0 Å². The Hall–Kier alpha value is -0.220. The highest BCUT2D eigenvalue weighted by Crippen LogP contribution is 2.27. The van der Waals surface area contributed by atoms with Crippen molar-refractivity contribution in [2.45, 2.75) is 58.6 Å². The topological polar surface area (TPSA) is 33.6 Å². The molecule has 4 heteroatoms. The molecule has 3 nitrogen and oxygen atoms in total. The lowest BCUT2D eigenvalue weighted by atomic mass is 9.85. The van der Waals surface area contributed by atoms with E-state index in [1.807, 2.05) is 11.8 Å². The third-order valence-corrected chi connectivity index (χ3v) is 4.68. The molecule has 1 N–H and O–H groups in total. The summed E-state index contributed by atoms with van der Waals surface area (Å²) in [4.78, 5) is 4.70. The highest BCUT2D eigenvalue weighted by molar-refractivity contribution is 8.13. The van der Waals surface area contributed by atoms with Crippen molar-refractivity contribution in [2.75, 3.05) is 18.9 Å². The van der Waals surface area contributed by atoms with Gasteiger partial charge in [-0.05, 0) is 31.1 Å². The molecule has 104 valence electrons. The Kier molecular flexibility index (Phi) is 4.96. The molecule has 0 radical (unpaired) electrons. The number of hydrogen-bond donors (Lipinski definition) is 1. The van der Waals surface area contributed by atoms with E-state index in [2.05, 4.69) is 26.1 Å². The SMILES string of the molecule is CC(C)(C)C1CCSC(=NCCC2CCCO2)N1. The van der Waals surface area contributed by atoms with Crippen molar-refractivity contribution in [1.29, 1.82) is 0 Å². The van der Waals surface area contributed by atoms with Crippen LogP contribution in [-0.2, 0) is 4.74 Å². The van der Waals surface area contributed by atoms with E-state index in [9.17, 15) is 0 Å². The van der Waals surface area contributed by atoms with Gasteiger partial charge in [0.2, 0.25) is 0 Å². The van der Waals surface area contributed by atoms with Crippen LogP contribution in [0.5, 0.6) is 0 Å². The second-order valence-electron chi connectivity index (χ2n) is 6.31. The van der Waals surface area contributed by atoms with Crippen LogP contribution in [0, 0.1) is 5.41 Å². The van der Waals surface area contributed by atoms with Crippen molar-refractivity contribution in [3.63, 3.8) is 0 Å². The molecule has 0 aliphatic carbocycles. The average Bonchev–Trinajstić information content (AvgIpc) is 2.81. The first kappa shape index (κ1) is 14.2. The molecule has 2 aliphatic heterocycles. The van der Waals surface area contributed by atoms with Crippen molar-refractivity contribution in [3.05, 3.63) is 0 Å². The summed E-state index contributed by atoms with van der Waals surface area (Å²) in [5.41, 5.74) is 0.316. The fraction of sp³-hybridized carbons (Fsp3) is 0.929. The molecule has 0 amide bonds. The lowest BCUT2D eigenvalue weighted by Gasteiger charge is -2.35. The van der Waals surface area contributed by atoms with E-state index in [-0.39, 0.29) is 0 Å². The first-order valence-electron chi connectivity index (χ1n) is 7.11. The average molecular weight is 270 g/mol.